The zero-order valence-electron chi connectivity index (χ0n) is 31.2. The molecule has 1 spiro atoms. The van der Waals surface area contributed by atoms with E-state index in [-0.39, 0.29) is 36.2 Å². The van der Waals surface area contributed by atoms with Gasteiger partial charge in [0.1, 0.15) is 23.4 Å². The molecule has 6 aliphatic rings. The lowest BCUT2D eigenvalue weighted by Crippen LogP contribution is -2.52. The minimum absolute atomic E-state index is 0.0201. The van der Waals surface area contributed by atoms with Crippen LogP contribution >= 0.6 is 11.6 Å². The molecule has 14 nitrogen and oxygen atoms in total. The minimum Gasteiger partial charge on any atom is -0.490 e. The number of nitriles is 1. The second kappa shape index (κ2) is 14.7. The second-order valence-electron chi connectivity index (χ2n) is 16.0. The average Bonchev–Trinajstić information content (AvgIpc) is 3.63. The van der Waals surface area contributed by atoms with Gasteiger partial charge in [0.15, 0.2) is 11.6 Å². The summed E-state index contributed by atoms with van der Waals surface area (Å²) in [4.78, 5) is 60.9. The van der Waals surface area contributed by atoms with Crippen LogP contribution in [0.1, 0.15) is 72.9 Å². The monoisotopic (exact) mass is 777 g/mol. The first-order valence-electron chi connectivity index (χ1n) is 19.7. The molecule has 4 amide bonds. The maximum atomic E-state index is 13.1. The minimum atomic E-state index is -0.603. The van der Waals surface area contributed by atoms with Crippen molar-refractivity contribution in [3.8, 4) is 11.8 Å². The van der Waals surface area contributed by atoms with E-state index < -0.39 is 11.6 Å². The van der Waals surface area contributed by atoms with Gasteiger partial charge < -0.3 is 19.4 Å². The molecule has 290 valence electrons. The highest BCUT2D eigenvalue weighted by atomic mass is 35.5. The van der Waals surface area contributed by atoms with Gasteiger partial charge in [-0.1, -0.05) is 11.6 Å². The number of nitrogens with zero attached hydrogens (tertiary/aromatic N) is 8. The summed E-state index contributed by atoms with van der Waals surface area (Å²) in [5.74, 6) is 1.98. The van der Waals surface area contributed by atoms with E-state index >= 15 is 0 Å². The molecule has 5 fully saturated rings. The fourth-order valence-electron chi connectivity index (χ4n) is 9.36. The van der Waals surface area contributed by atoms with E-state index in [4.69, 9.17) is 21.6 Å². The van der Waals surface area contributed by atoms with Crippen molar-refractivity contribution in [2.24, 2.45) is 5.92 Å². The number of hydrogen-bond donors (Lipinski definition) is 1. The molecule has 1 aliphatic carbocycles. The van der Waals surface area contributed by atoms with Crippen molar-refractivity contribution >= 4 is 52.6 Å². The first kappa shape index (κ1) is 36.4. The molecule has 0 radical (unpaired) electrons. The summed E-state index contributed by atoms with van der Waals surface area (Å²) in [6.07, 6.45) is 5.61. The lowest BCUT2D eigenvalue weighted by Gasteiger charge is -2.39. The lowest BCUT2D eigenvalue weighted by molar-refractivity contribution is -0.137. The van der Waals surface area contributed by atoms with E-state index in [2.05, 4.69) is 42.3 Å². The molecule has 5 aliphatic heterocycles. The molecule has 1 aromatic heterocycles. The molecule has 4 saturated heterocycles. The summed E-state index contributed by atoms with van der Waals surface area (Å²) < 4.78 is 6.14. The van der Waals surface area contributed by atoms with Crippen LogP contribution in [0.15, 0.2) is 48.5 Å². The maximum absolute atomic E-state index is 13.1. The molecule has 1 atom stereocenters. The van der Waals surface area contributed by atoms with Crippen LogP contribution in [0, 0.1) is 17.2 Å². The van der Waals surface area contributed by atoms with Crippen molar-refractivity contribution in [1.82, 2.24) is 25.3 Å². The smallest absolute Gasteiger partial charge is 0.255 e. The van der Waals surface area contributed by atoms with Gasteiger partial charge in [-0.2, -0.15) is 5.26 Å². The number of aromatic nitrogens is 2. The van der Waals surface area contributed by atoms with E-state index in [9.17, 15) is 19.2 Å². The SMILES string of the molecule is N#Cc1ccc(O[C@H]2CC[C@@]3(CC2)C(=O)N3c2ccc(N3CCC(CN4CCN(c5ccc6c(c5)CN(C5CCC(=O)NC5=O)C6=O)CC4)CC3)nn2)cc1Cl. The van der Waals surface area contributed by atoms with Crippen molar-refractivity contribution in [2.45, 2.75) is 75.6 Å². The topological polar surface area (TPSA) is 155 Å². The highest BCUT2D eigenvalue weighted by molar-refractivity contribution is 6.31. The molecule has 1 unspecified atom stereocenters. The quantitative estimate of drug-likeness (QED) is 0.262. The summed E-state index contributed by atoms with van der Waals surface area (Å²) in [6.45, 7) is 7.06. The normalized spacial score (nSPS) is 25.7. The Hall–Kier alpha value is -5.26. The van der Waals surface area contributed by atoms with E-state index in [1.54, 1.807) is 28.0 Å². The van der Waals surface area contributed by atoms with Crippen LogP contribution in [-0.4, -0.2) is 107 Å². The number of imide groups is 1. The molecular weight excluding hydrogens is 734 g/mol. The Bertz CT molecular complexity index is 2100. The Kier molecular flexibility index (Phi) is 9.53. The van der Waals surface area contributed by atoms with Crippen molar-refractivity contribution in [3.63, 3.8) is 0 Å². The third kappa shape index (κ3) is 6.81. The lowest BCUT2D eigenvalue weighted by atomic mass is 9.86. The zero-order valence-corrected chi connectivity index (χ0v) is 31.9. The number of piperazine rings is 1. The molecule has 56 heavy (non-hydrogen) atoms. The highest BCUT2D eigenvalue weighted by Gasteiger charge is 2.64. The van der Waals surface area contributed by atoms with Gasteiger partial charge in [0.25, 0.3) is 11.8 Å². The number of amides is 4. The fraction of sp³-hybridized carbons (Fsp3) is 0.488. The number of benzene rings is 2. The predicted octanol–water partition coefficient (Wildman–Crippen LogP) is 3.91. The van der Waals surface area contributed by atoms with Crippen LogP contribution in [0.4, 0.5) is 17.3 Å². The highest BCUT2D eigenvalue weighted by Crippen LogP contribution is 2.49. The van der Waals surface area contributed by atoms with E-state index in [1.165, 1.54) is 0 Å². The molecule has 15 heteroatoms. The van der Waals surface area contributed by atoms with Crippen LogP contribution in [0.3, 0.4) is 0 Å². The van der Waals surface area contributed by atoms with Crippen LogP contribution in [0.5, 0.6) is 5.75 Å². The maximum Gasteiger partial charge on any atom is 0.255 e. The standard InChI is InChI=1S/C41H44ClN9O5/c42-33-22-31(3-1-27(33)23-43)56-30-9-13-41(14-10-30)40(55)51(41)36-7-6-35(45-46-36)49-15-11-26(12-16-49)24-47-17-19-48(20-18-47)29-2-4-32-28(21-29)25-50(39(32)54)34-5-8-37(52)44-38(34)53/h1-4,6-7,21-22,26,30,34H,5,8-20,24-25H2,(H,44,52,53)/t30-,34?,41+,51?. The van der Waals surface area contributed by atoms with Crippen molar-refractivity contribution in [3.05, 3.63) is 70.2 Å². The van der Waals surface area contributed by atoms with Crippen molar-refractivity contribution in [2.75, 3.05) is 60.5 Å². The van der Waals surface area contributed by atoms with Crippen molar-refractivity contribution < 1.29 is 23.9 Å². The van der Waals surface area contributed by atoms with Gasteiger partial charge in [0.05, 0.1) is 16.7 Å². The number of anilines is 3. The molecule has 6 heterocycles. The predicted molar refractivity (Wildman–Crippen MR) is 207 cm³/mol. The Morgan fingerprint density at radius 1 is 0.857 bits per heavy atom. The molecule has 2 aromatic carbocycles. The fourth-order valence-corrected chi connectivity index (χ4v) is 9.57. The van der Waals surface area contributed by atoms with Gasteiger partial charge in [-0.15, -0.1) is 10.2 Å². The third-order valence-electron chi connectivity index (χ3n) is 12.7. The average molecular weight is 778 g/mol. The van der Waals surface area contributed by atoms with Gasteiger partial charge in [0, 0.05) is 76.1 Å². The Labute approximate surface area is 330 Å². The summed E-state index contributed by atoms with van der Waals surface area (Å²) in [5.41, 5.74) is 2.57. The Morgan fingerprint density at radius 2 is 1.61 bits per heavy atom. The van der Waals surface area contributed by atoms with Crippen molar-refractivity contribution in [1.29, 1.82) is 5.26 Å². The van der Waals surface area contributed by atoms with Crippen LogP contribution < -0.4 is 24.8 Å². The number of piperidine rings is 2. The molecule has 0 bridgehead atoms. The van der Waals surface area contributed by atoms with Crippen LogP contribution in [-0.2, 0) is 20.9 Å². The molecular formula is C41H44ClN9O5. The summed E-state index contributed by atoms with van der Waals surface area (Å²) in [6, 6.07) is 16.5. The van der Waals surface area contributed by atoms with Crippen LogP contribution in [0.25, 0.3) is 0 Å². The Morgan fingerprint density at radius 3 is 2.30 bits per heavy atom. The van der Waals surface area contributed by atoms with E-state index in [0.29, 0.717) is 59.4 Å². The number of rotatable bonds is 8. The molecule has 3 aromatic rings. The molecule has 1 N–H and O–H groups in total. The number of ether oxygens (including phenoxy) is 1. The Balaban J connectivity index is 0.715. The van der Waals surface area contributed by atoms with Gasteiger partial charge in [-0.25, -0.2) is 0 Å². The number of carbonyl (C=O) groups excluding carboxylic acids is 4. The summed E-state index contributed by atoms with van der Waals surface area (Å²) in [5, 5.41) is 20.9. The van der Waals surface area contributed by atoms with Crippen LogP contribution in [0.2, 0.25) is 5.02 Å². The largest absolute Gasteiger partial charge is 0.490 e. The zero-order chi connectivity index (χ0) is 38.6. The number of carbonyl (C=O) groups is 4. The number of halogens is 1. The molecule has 1 saturated carbocycles. The number of hydrogen-bond acceptors (Lipinski definition) is 11. The summed E-state index contributed by atoms with van der Waals surface area (Å²) in [7, 11) is 0. The van der Waals surface area contributed by atoms with Gasteiger partial charge in [-0.05, 0) is 98.9 Å². The second-order valence-corrected chi connectivity index (χ2v) is 16.4. The number of nitrogens with one attached hydrogen (secondary N) is 1. The number of fused-ring (bicyclic) bond motifs is 1. The van der Waals surface area contributed by atoms with Gasteiger partial charge >= 0.3 is 0 Å². The summed E-state index contributed by atoms with van der Waals surface area (Å²) >= 11 is 6.18. The molecule has 9 rings (SSSR count). The first-order chi connectivity index (χ1) is 27.2. The van der Waals surface area contributed by atoms with Gasteiger partial charge in [-0.3, -0.25) is 34.3 Å². The third-order valence-corrected chi connectivity index (χ3v) is 13.0. The first-order valence-corrected chi connectivity index (χ1v) is 20.1. The van der Waals surface area contributed by atoms with Gasteiger partial charge in [0.2, 0.25) is 11.8 Å². The van der Waals surface area contributed by atoms with E-state index in [0.717, 1.165) is 88.6 Å². The van der Waals surface area contributed by atoms with E-state index in [1.807, 2.05) is 24.3 Å².